The number of hydrogen-bond acceptors (Lipinski definition) is 5. The third kappa shape index (κ3) is 4.30. The average molecular weight is 349 g/mol. The molecular formula is C19H27NO5. The van der Waals surface area contributed by atoms with Gasteiger partial charge in [0.15, 0.2) is 12.7 Å². The Morgan fingerprint density at radius 2 is 2.08 bits per heavy atom. The molecule has 0 amide bonds. The van der Waals surface area contributed by atoms with Crippen LogP contribution in [0.2, 0.25) is 0 Å². The van der Waals surface area contributed by atoms with E-state index in [1.165, 1.54) is 12.8 Å². The van der Waals surface area contributed by atoms with E-state index in [0.29, 0.717) is 18.2 Å². The number of aryl methyl sites for hydroxylation is 1. The first-order valence-electron chi connectivity index (χ1n) is 9.09. The zero-order valence-corrected chi connectivity index (χ0v) is 15.2. The molecule has 6 nitrogen and oxygen atoms in total. The molecule has 2 heterocycles. The van der Waals surface area contributed by atoms with Crippen LogP contribution in [0, 0.1) is 13.8 Å². The lowest BCUT2D eigenvalue weighted by Gasteiger charge is -2.15. The van der Waals surface area contributed by atoms with Crippen LogP contribution in [-0.4, -0.2) is 48.3 Å². The van der Waals surface area contributed by atoms with Crippen molar-refractivity contribution in [1.82, 2.24) is 4.57 Å². The lowest BCUT2D eigenvalue weighted by molar-refractivity contribution is -0.156. The van der Waals surface area contributed by atoms with Crippen molar-refractivity contribution >= 4 is 11.8 Å². The van der Waals surface area contributed by atoms with Crippen LogP contribution in [0.3, 0.4) is 0 Å². The second kappa shape index (κ2) is 7.70. The van der Waals surface area contributed by atoms with Gasteiger partial charge in [0.05, 0.1) is 12.7 Å². The number of rotatable bonds is 8. The van der Waals surface area contributed by atoms with E-state index >= 15 is 0 Å². The zero-order valence-electron chi connectivity index (χ0n) is 15.2. The number of ketones is 1. The molecule has 1 saturated carbocycles. The van der Waals surface area contributed by atoms with Crippen molar-refractivity contribution in [1.29, 1.82) is 0 Å². The third-order valence-electron chi connectivity index (χ3n) is 4.93. The van der Waals surface area contributed by atoms with E-state index in [4.69, 9.17) is 14.2 Å². The van der Waals surface area contributed by atoms with Gasteiger partial charge in [-0.3, -0.25) is 4.79 Å². The highest BCUT2D eigenvalue weighted by Gasteiger charge is 2.29. The third-order valence-corrected chi connectivity index (χ3v) is 4.93. The smallest absolute Gasteiger partial charge is 0.335 e. The summed E-state index contributed by atoms with van der Waals surface area (Å²) in [6.45, 7) is 6.48. The SMILES string of the molecule is Cc1cc(C(=O)COC(=O)C(C)OCC2CCCO2)c(C)n1C1CC1. The molecule has 1 aromatic heterocycles. The monoisotopic (exact) mass is 349 g/mol. The molecule has 0 bridgehead atoms. The van der Waals surface area contributed by atoms with Crippen LogP contribution < -0.4 is 0 Å². The largest absolute Gasteiger partial charge is 0.455 e. The molecule has 25 heavy (non-hydrogen) atoms. The molecule has 2 unspecified atom stereocenters. The molecule has 2 aliphatic rings. The van der Waals surface area contributed by atoms with Crippen molar-refractivity contribution in [2.45, 2.75) is 64.7 Å². The highest BCUT2D eigenvalue weighted by Crippen LogP contribution is 2.38. The van der Waals surface area contributed by atoms with Crippen LogP contribution in [-0.2, 0) is 19.0 Å². The molecule has 1 saturated heterocycles. The van der Waals surface area contributed by atoms with Gasteiger partial charge in [-0.2, -0.15) is 0 Å². The van der Waals surface area contributed by atoms with Crippen molar-refractivity contribution in [3.8, 4) is 0 Å². The normalized spacial score (nSPS) is 21.3. The van der Waals surface area contributed by atoms with Gasteiger partial charge in [-0.05, 0) is 52.5 Å². The fourth-order valence-corrected chi connectivity index (χ4v) is 3.38. The number of Topliss-reactive ketones (excluding diaryl/α,β-unsaturated/α-hetero) is 1. The molecular weight excluding hydrogens is 322 g/mol. The maximum atomic E-state index is 12.4. The molecule has 2 fully saturated rings. The van der Waals surface area contributed by atoms with Gasteiger partial charge in [0.1, 0.15) is 0 Å². The van der Waals surface area contributed by atoms with Gasteiger partial charge in [-0.25, -0.2) is 4.79 Å². The van der Waals surface area contributed by atoms with Crippen LogP contribution in [0.1, 0.15) is 60.4 Å². The summed E-state index contributed by atoms with van der Waals surface area (Å²) in [7, 11) is 0. The molecule has 6 heteroatoms. The summed E-state index contributed by atoms with van der Waals surface area (Å²) in [5.74, 6) is -0.679. The summed E-state index contributed by atoms with van der Waals surface area (Å²) in [5, 5.41) is 0. The standard InChI is InChI=1S/C19H27NO5/c1-12-9-17(13(2)20(12)15-6-7-15)18(21)11-25-19(22)14(3)24-10-16-5-4-8-23-16/h9,14-16H,4-8,10-11H2,1-3H3. The fraction of sp³-hybridized carbons (Fsp3) is 0.684. The number of hydrogen-bond donors (Lipinski definition) is 0. The van der Waals surface area contributed by atoms with E-state index in [9.17, 15) is 9.59 Å². The Bertz CT molecular complexity index is 640. The summed E-state index contributed by atoms with van der Waals surface area (Å²) >= 11 is 0. The van der Waals surface area contributed by atoms with E-state index in [-0.39, 0.29) is 18.5 Å². The highest BCUT2D eigenvalue weighted by atomic mass is 16.6. The van der Waals surface area contributed by atoms with Crippen molar-refractivity contribution in [2.75, 3.05) is 19.8 Å². The molecule has 0 aromatic carbocycles. The molecule has 1 aliphatic heterocycles. The Labute approximate surface area is 148 Å². The average Bonchev–Trinajstić information content (AvgIpc) is 3.18. The van der Waals surface area contributed by atoms with Crippen LogP contribution in [0.4, 0.5) is 0 Å². The van der Waals surface area contributed by atoms with E-state index in [2.05, 4.69) is 4.57 Å². The van der Waals surface area contributed by atoms with Gasteiger partial charge in [0.2, 0.25) is 5.78 Å². The van der Waals surface area contributed by atoms with Crippen molar-refractivity contribution in [3.05, 3.63) is 23.0 Å². The lowest BCUT2D eigenvalue weighted by atomic mass is 10.1. The summed E-state index contributed by atoms with van der Waals surface area (Å²) in [6, 6.07) is 2.41. The van der Waals surface area contributed by atoms with Crippen molar-refractivity contribution in [3.63, 3.8) is 0 Å². The van der Waals surface area contributed by atoms with E-state index < -0.39 is 12.1 Å². The minimum absolute atomic E-state index is 0.0599. The van der Waals surface area contributed by atoms with Crippen LogP contribution >= 0.6 is 0 Å². The van der Waals surface area contributed by atoms with Gasteiger partial charge < -0.3 is 18.8 Å². The quantitative estimate of drug-likeness (QED) is 0.533. The van der Waals surface area contributed by atoms with E-state index in [1.807, 2.05) is 19.9 Å². The minimum atomic E-state index is -0.698. The molecule has 138 valence electrons. The zero-order chi connectivity index (χ0) is 18.0. The molecule has 2 atom stereocenters. The Morgan fingerprint density at radius 3 is 2.72 bits per heavy atom. The summed E-state index contributed by atoms with van der Waals surface area (Å²) in [5.41, 5.74) is 2.69. The number of aromatic nitrogens is 1. The number of nitrogens with zero attached hydrogens (tertiary/aromatic N) is 1. The molecule has 0 spiro atoms. The first-order valence-corrected chi connectivity index (χ1v) is 9.09. The van der Waals surface area contributed by atoms with Crippen LogP contribution in [0.5, 0.6) is 0 Å². The molecule has 0 radical (unpaired) electrons. The Balaban J connectivity index is 1.48. The first-order chi connectivity index (χ1) is 12.0. The Kier molecular flexibility index (Phi) is 5.59. The second-order valence-electron chi connectivity index (χ2n) is 7.03. The predicted molar refractivity (Wildman–Crippen MR) is 91.9 cm³/mol. The Hall–Kier alpha value is -1.66. The maximum absolute atomic E-state index is 12.4. The maximum Gasteiger partial charge on any atom is 0.335 e. The first kappa shape index (κ1) is 18.1. The topological polar surface area (TPSA) is 66.8 Å². The van der Waals surface area contributed by atoms with E-state index in [1.54, 1.807) is 6.92 Å². The van der Waals surface area contributed by atoms with Gasteiger partial charge >= 0.3 is 5.97 Å². The summed E-state index contributed by atoms with van der Waals surface area (Å²) in [4.78, 5) is 24.4. The molecule has 1 aromatic rings. The Morgan fingerprint density at radius 1 is 1.32 bits per heavy atom. The minimum Gasteiger partial charge on any atom is -0.455 e. The van der Waals surface area contributed by atoms with Crippen molar-refractivity contribution < 1.29 is 23.8 Å². The number of ether oxygens (including phenoxy) is 3. The highest BCUT2D eigenvalue weighted by molar-refractivity contribution is 5.99. The van der Waals surface area contributed by atoms with Gasteiger partial charge in [-0.1, -0.05) is 0 Å². The van der Waals surface area contributed by atoms with Gasteiger partial charge in [-0.15, -0.1) is 0 Å². The van der Waals surface area contributed by atoms with Gasteiger partial charge in [0.25, 0.3) is 0 Å². The number of carbonyl (C=O) groups is 2. The molecule has 1 aliphatic carbocycles. The fourth-order valence-electron chi connectivity index (χ4n) is 3.38. The number of carbonyl (C=O) groups excluding carboxylic acids is 2. The van der Waals surface area contributed by atoms with Gasteiger partial charge in [0, 0.05) is 29.6 Å². The van der Waals surface area contributed by atoms with E-state index in [0.717, 1.165) is 30.8 Å². The summed E-state index contributed by atoms with van der Waals surface area (Å²) < 4.78 is 18.3. The van der Waals surface area contributed by atoms with Crippen molar-refractivity contribution in [2.24, 2.45) is 0 Å². The van der Waals surface area contributed by atoms with Crippen LogP contribution in [0.15, 0.2) is 6.07 Å². The number of esters is 1. The molecule has 3 rings (SSSR count). The predicted octanol–water partition coefficient (Wildman–Crippen LogP) is 2.75. The molecule has 0 N–H and O–H groups in total. The van der Waals surface area contributed by atoms with Crippen LogP contribution in [0.25, 0.3) is 0 Å². The second-order valence-corrected chi connectivity index (χ2v) is 7.03. The summed E-state index contributed by atoms with van der Waals surface area (Å²) in [6.07, 6.45) is 3.68. The lowest BCUT2D eigenvalue weighted by Crippen LogP contribution is -2.29.